The van der Waals surface area contributed by atoms with E-state index >= 15 is 0 Å². The minimum atomic E-state index is -1.46. The van der Waals surface area contributed by atoms with Crippen molar-refractivity contribution in [1.29, 1.82) is 0 Å². The van der Waals surface area contributed by atoms with Crippen LogP contribution >= 0.6 is 0 Å². The molecule has 0 spiro atoms. The molecule has 1 aromatic rings. The Bertz CT molecular complexity index is 694. The van der Waals surface area contributed by atoms with Crippen LogP contribution in [0.1, 0.15) is 18.4 Å². The molecule has 1 heterocycles. The molecule has 0 aliphatic carbocycles. The van der Waals surface area contributed by atoms with Crippen LogP contribution in [0.4, 0.5) is 0 Å². The average molecular weight is 331 g/mol. The normalized spacial score (nSPS) is 19.8. The van der Waals surface area contributed by atoms with E-state index in [1.54, 1.807) is 24.3 Å². The van der Waals surface area contributed by atoms with Gasteiger partial charge in [0.2, 0.25) is 5.90 Å². The monoisotopic (exact) mass is 331 g/mol. The molecule has 1 atom stereocenters. The summed E-state index contributed by atoms with van der Waals surface area (Å²) < 4.78 is 14.4. The minimum absolute atomic E-state index is 0.0162. The summed E-state index contributed by atoms with van der Waals surface area (Å²) in [4.78, 5) is 39.5. The number of benzene rings is 1. The Morgan fingerprint density at radius 3 is 2.54 bits per heavy atom. The van der Waals surface area contributed by atoms with Gasteiger partial charge in [0, 0.05) is 18.1 Å². The summed E-state index contributed by atoms with van der Waals surface area (Å²) >= 11 is 0. The first-order valence-corrected chi connectivity index (χ1v) is 7.22. The lowest BCUT2D eigenvalue weighted by Crippen LogP contribution is -2.32. The number of nitrogens with zero attached hydrogens (tertiary/aromatic N) is 1. The van der Waals surface area contributed by atoms with E-state index in [-0.39, 0.29) is 18.7 Å². The fourth-order valence-corrected chi connectivity index (χ4v) is 2.15. The average Bonchev–Trinajstić information content (AvgIpc) is 2.95. The highest BCUT2D eigenvalue weighted by Crippen LogP contribution is 2.30. The molecule has 0 saturated heterocycles. The van der Waals surface area contributed by atoms with Gasteiger partial charge in [-0.25, -0.2) is 14.6 Å². The molecule has 0 N–H and O–H groups in total. The van der Waals surface area contributed by atoms with Crippen LogP contribution in [0.15, 0.2) is 47.5 Å². The van der Waals surface area contributed by atoms with E-state index in [1.807, 2.05) is 6.07 Å². The molecule has 0 radical (unpaired) electrons. The lowest BCUT2D eigenvalue weighted by molar-refractivity contribution is -0.142. The summed E-state index contributed by atoms with van der Waals surface area (Å²) in [5.41, 5.74) is -0.842. The summed E-state index contributed by atoms with van der Waals surface area (Å²) in [6.45, 7) is 0. The zero-order valence-corrected chi connectivity index (χ0v) is 13.4. The van der Waals surface area contributed by atoms with Crippen molar-refractivity contribution < 1.29 is 28.6 Å². The van der Waals surface area contributed by atoms with Gasteiger partial charge in [0.25, 0.3) is 0 Å². The Kier molecular flexibility index (Phi) is 5.47. The molecule has 1 aromatic carbocycles. The van der Waals surface area contributed by atoms with E-state index in [0.717, 1.165) is 6.08 Å². The number of esters is 3. The zero-order chi connectivity index (χ0) is 17.6. The van der Waals surface area contributed by atoms with Crippen LogP contribution in [0.3, 0.4) is 0 Å². The first-order chi connectivity index (χ1) is 11.5. The lowest BCUT2D eigenvalue weighted by Gasteiger charge is -2.16. The number of methoxy groups -OCH3 is 2. The summed E-state index contributed by atoms with van der Waals surface area (Å²) in [7, 11) is 2.48. The second-order valence-corrected chi connectivity index (χ2v) is 5.03. The van der Waals surface area contributed by atoms with Crippen molar-refractivity contribution in [2.24, 2.45) is 4.99 Å². The van der Waals surface area contributed by atoms with Gasteiger partial charge in [0.15, 0.2) is 5.54 Å². The molecular formula is C17H17NO6. The molecule has 0 fully saturated rings. The van der Waals surface area contributed by atoms with Crippen LogP contribution in [0.2, 0.25) is 0 Å². The van der Waals surface area contributed by atoms with Crippen LogP contribution in [0.25, 0.3) is 0 Å². The van der Waals surface area contributed by atoms with Crippen LogP contribution in [0, 0.1) is 0 Å². The second-order valence-electron chi connectivity index (χ2n) is 5.03. The van der Waals surface area contributed by atoms with Crippen molar-refractivity contribution in [2.45, 2.75) is 18.4 Å². The maximum Gasteiger partial charge on any atom is 0.344 e. The first kappa shape index (κ1) is 17.4. The van der Waals surface area contributed by atoms with Gasteiger partial charge < -0.3 is 14.2 Å². The molecule has 0 saturated carbocycles. The molecule has 1 aliphatic heterocycles. The number of cyclic esters (lactones) is 1. The van der Waals surface area contributed by atoms with Gasteiger partial charge >= 0.3 is 17.9 Å². The molecule has 7 heteroatoms. The maximum absolute atomic E-state index is 12.4. The third-order valence-corrected chi connectivity index (χ3v) is 3.50. The Labute approximate surface area is 138 Å². The van der Waals surface area contributed by atoms with Crippen molar-refractivity contribution in [1.82, 2.24) is 0 Å². The maximum atomic E-state index is 12.4. The Balaban J connectivity index is 2.35. The van der Waals surface area contributed by atoms with Crippen LogP contribution in [-0.4, -0.2) is 43.6 Å². The molecule has 1 unspecified atom stereocenters. The van der Waals surface area contributed by atoms with E-state index in [0.29, 0.717) is 5.56 Å². The number of carbonyl (C=O) groups is 3. The highest BCUT2D eigenvalue weighted by atomic mass is 16.6. The Morgan fingerprint density at radius 2 is 1.92 bits per heavy atom. The standard InChI is InChI=1S/C17H17NO6/c1-22-13(19)8-10-17(11-9-14(20)23-2)16(21)24-15(18-17)12-6-4-3-5-7-12/h3-8,10H,9,11H2,1-2H3/b10-8+. The highest BCUT2D eigenvalue weighted by Gasteiger charge is 2.44. The van der Waals surface area contributed by atoms with E-state index in [4.69, 9.17) is 4.74 Å². The SMILES string of the molecule is COC(=O)/C=C/C1(CCC(=O)OC)N=C(c2ccccc2)OC1=O. The fourth-order valence-electron chi connectivity index (χ4n) is 2.15. The fraction of sp³-hybridized carbons (Fsp3) is 0.294. The van der Waals surface area contributed by atoms with Crippen molar-refractivity contribution in [3.8, 4) is 0 Å². The van der Waals surface area contributed by atoms with Gasteiger partial charge in [-0.05, 0) is 24.6 Å². The smallest absolute Gasteiger partial charge is 0.344 e. The molecule has 0 aromatic heterocycles. The summed E-state index contributed by atoms with van der Waals surface area (Å²) in [6.07, 6.45) is 2.35. The molecule has 24 heavy (non-hydrogen) atoms. The first-order valence-electron chi connectivity index (χ1n) is 7.22. The molecular weight excluding hydrogens is 314 g/mol. The van der Waals surface area contributed by atoms with Crippen LogP contribution in [0.5, 0.6) is 0 Å². The predicted octanol–water partition coefficient (Wildman–Crippen LogP) is 1.41. The van der Waals surface area contributed by atoms with Gasteiger partial charge in [-0.2, -0.15) is 0 Å². The quantitative estimate of drug-likeness (QED) is 0.445. The van der Waals surface area contributed by atoms with E-state index in [9.17, 15) is 14.4 Å². The topological polar surface area (TPSA) is 91.3 Å². The number of ether oxygens (including phenoxy) is 3. The minimum Gasteiger partial charge on any atom is -0.469 e. The number of carbonyl (C=O) groups excluding carboxylic acids is 3. The molecule has 0 amide bonds. The lowest BCUT2D eigenvalue weighted by atomic mass is 9.94. The Hall–Kier alpha value is -2.96. The molecule has 126 valence electrons. The number of rotatable bonds is 6. The number of hydrogen-bond acceptors (Lipinski definition) is 7. The number of aliphatic imine (C=N–C) groups is 1. The third-order valence-electron chi connectivity index (χ3n) is 3.50. The van der Waals surface area contributed by atoms with Crippen LogP contribution in [-0.2, 0) is 28.6 Å². The van der Waals surface area contributed by atoms with Crippen molar-refractivity contribution in [3.05, 3.63) is 48.0 Å². The van der Waals surface area contributed by atoms with E-state index in [2.05, 4.69) is 14.5 Å². The third kappa shape index (κ3) is 3.87. The predicted molar refractivity (Wildman–Crippen MR) is 84.2 cm³/mol. The van der Waals surface area contributed by atoms with Gasteiger partial charge in [-0.15, -0.1) is 0 Å². The highest BCUT2D eigenvalue weighted by molar-refractivity contribution is 6.09. The van der Waals surface area contributed by atoms with Gasteiger partial charge in [0.05, 0.1) is 14.2 Å². The van der Waals surface area contributed by atoms with Gasteiger partial charge in [-0.3, -0.25) is 4.79 Å². The van der Waals surface area contributed by atoms with E-state index < -0.39 is 23.4 Å². The summed E-state index contributed by atoms with van der Waals surface area (Å²) in [5.74, 6) is -1.65. The molecule has 7 nitrogen and oxygen atoms in total. The van der Waals surface area contributed by atoms with E-state index in [1.165, 1.54) is 20.3 Å². The molecule has 0 bridgehead atoms. The largest absolute Gasteiger partial charge is 0.469 e. The summed E-state index contributed by atoms with van der Waals surface area (Å²) in [5, 5.41) is 0. The van der Waals surface area contributed by atoms with Crippen LogP contribution < -0.4 is 0 Å². The second kappa shape index (κ2) is 7.54. The molecule has 1 aliphatic rings. The zero-order valence-electron chi connectivity index (χ0n) is 13.4. The molecule has 2 rings (SSSR count). The number of hydrogen-bond donors (Lipinski definition) is 0. The van der Waals surface area contributed by atoms with Gasteiger partial charge in [0.1, 0.15) is 0 Å². The van der Waals surface area contributed by atoms with Gasteiger partial charge in [-0.1, -0.05) is 18.2 Å². The van der Waals surface area contributed by atoms with Crippen molar-refractivity contribution >= 4 is 23.8 Å². The summed E-state index contributed by atoms with van der Waals surface area (Å²) in [6, 6.07) is 8.87. The van der Waals surface area contributed by atoms with Crippen molar-refractivity contribution in [2.75, 3.05) is 14.2 Å². The Morgan fingerprint density at radius 1 is 1.21 bits per heavy atom. The van der Waals surface area contributed by atoms with Crippen molar-refractivity contribution in [3.63, 3.8) is 0 Å².